The molecule has 5 nitrogen and oxygen atoms in total. The fourth-order valence-corrected chi connectivity index (χ4v) is 4.57. The van der Waals surface area contributed by atoms with Crippen LogP contribution in [0.25, 0.3) is 11.3 Å². The zero-order valence-electron chi connectivity index (χ0n) is 18.4. The maximum atomic E-state index is 12.6. The van der Waals surface area contributed by atoms with Crippen molar-refractivity contribution in [2.24, 2.45) is 5.41 Å². The van der Waals surface area contributed by atoms with Crippen LogP contribution in [0.2, 0.25) is 5.02 Å². The number of carbonyl (C=O) groups excluding carboxylic acids is 2. The molecule has 168 valence electrons. The molecular weight excluding hydrogens is 462 g/mol. The normalized spacial score (nSPS) is 12.3. The number of aromatic nitrogens is 1. The third kappa shape index (κ3) is 7.36. The predicted octanol–water partition coefficient (Wildman–Crippen LogP) is 6.96. The first kappa shape index (κ1) is 24.3. The molecule has 0 fully saturated rings. The number of benzene rings is 2. The van der Waals surface area contributed by atoms with Crippen molar-refractivity contribution in [3.05, 3.63) is 58.9 Å². The van der Waals surface area contributed by atoms with Crippen molar-refractivity contribution < 1.29 is 9.59 Å². The Bertz CT molecular complexity index is 1070. The Hall–Kier alpha value is -2.35. The van der Waals surface area contributed by atoms with Gasteiger partial charge in [-0.05, 0) is 48.7 Å². The predicted molar refractivity (Wildman–Crippen MR) is 136 cm³/mol. The quantitative estimate of drug-likeness (QED) is 0.353. The highest BCUT2D eigenvalue weighted by Gasteiger charge is 2.18. The zero-order chi connectivity index (χ0) is 23.3. The largest absolute Gasteiger partial charge is 0.326 e. The molecule has 0 saturated carbocycles. The van der Waals surface area contributed by atoms with Gasteiger partial charge in [-0.15, -0.1) is 23.1 Å². The number of amides is 2. The fourth-order valence-electron chi connectivity index (χ4n) is 2.85. The molecule has 0 radical (unpaired) electrons. The van der Waals surface area contributed by atoms with Crippen LogP contribution in [-0.2, 0) is 9.59 Å². The van der Waals surface area contributed by atoms with Crippen LogP contribution in [0.15, 0.2) is 58.8 Å². The summed E-state index contributed by atoms with van der Waals surface area (Å²) in [6.07, 6.45) is 0.456. The Morgan fingerprint density at radius 2 is 1.72 bits per heavy atom. The lowest BCUT2D eigenvalue weighted by Crippen LogP contribution is -2.22. The summed E-state index contributed by atoms with van der Waals surface area (Å²) < 4.78 is 0. The lowest BCUT2D eigenvalue weighted by molar-refractivity contribution is -0.118. The highest BCUT2D eigenvalue weighted by atomic mass is 35.5. The van der Waals surface area contributed by atoms with Crippen molar-refractivity contribution in [2.45, 2.75) is 44.3 Å². The van der Waals surface area contributed by atoms with E-state index >= 15 is 0 Å². The lowest BCUT2D eigenvalue weighted by Gasteiger charge is -2.17. The Balaban J connectivity index is 1.53. The molecule has 32 heavy (non-hydrogen) atoms. The second kappa shape index (κ2) is 10.5. The molecule has 1 unspecified atom stereocenters. The van der Waals surface area contributed by atoms with Crippen LogP contribution in [0.4, 0.5) is 10.8 Å². The minimum atomic E-state index is -0.306. The average Bonchev–Trinajstić information content (AvgIpc) is 3.17. The number of halogens is 1. The number of hydrogen-bond acceptors (Lipinski definition) is 5. The van der Waals surface area contributed by atoms with Crippen LogP contribution in [-0.4, -0.2) is 22.0 Å². The molecule has 0 spiro atoms. The van der Waals surface area contributed by atoms with Crippen LogP contribution >= 0.6 is 34.7 Å². The molecule has 1 aromatic heterocycles. The second-order valence-corrected chi connectivity index (χ2v) is 11.3. The van der Waals surface area contributed by atoms with Gasteiger partial charge in [-0.2, -0.15) is 0 Å². The summed E-state index contributed by atoms with van der Waals surface area (Å²) in [5.74, 6) is -0.123. The molecule has 2 amide bonds. The van der Waals surface area contributed by atoms with E-state index < -0.39 is 0 Å². The number of nitrogens with one attached hydrogen (secondary N) is 2. The van der Waals surface area contributed by atoms with Crippen molar-refractivity contribution in [2.75, 3.05) is 10.6 Å². The third-order valence-corrected chi connectivity index (χ3v) is 6.51. The Morgan fingerprint density at radius 1 is 1.06 bits per heavy atom. The molecule has 0 bridgehead atoms. The van der Waals surface area contributed by atoms with E-state index in [9.17, 15) is 9.59 Å². The minimum absolute atomic E-state index is 0.00735. The molecule has 1 heterocycles. The van der Waals surface area contributed by atoms with Gasteiger partial charge in [0.15, 0.2) is 5.13 Å². The molecule has 3 rings (SSSR count). The van der Waals surface area contributed by atoms with Crippen LogP contribution < -0.4 is 10.6 Å². The molecule has 8 heteroatoms. The third-order valence-electron chi connectivity index (χ3n) is 4.39. The van der Waals surface area contributed by atoms with E-state index in [1.54, 1.807) is 0 Å². The van der Waals surface area contributed by atoms with Gasteiger partial charge in [-0.3, -0.25) is 9.59 Å². The molecule has 2 N–H and O–H groups in total. The second-order valence-electron chi connectivity index (χ2n) is 8.60. The van der Waals surface area contributed by atoms with Crippen LogP contribution in [0.1, 0.15) is 34.1 Å². The summed E-state index contributed by atoms with van der Waals surface area (Å²) in [4.78, 5) is 30.1. The van der Waals surface area contributed by atoms with E-state index in [0.29, 0.717) is 16.6 Å². The SMILES string of the molecule is CC(Sc1ccc(NC(=O)CC(C)(C)C)cc1)C(=O)Nc1nc(-c2ccc(Cl)cc2)cs1. The van der Waals surface area contributed by atoms with E-state index in [4.69, 9.17) is 11.6 Å². The topological polar surface area (TPSA) is 71.1 Å². The summed E-state index contributed by atoms with van der Waals surface area (Å²) in [5.41, 5.74) is 2.43. The standard InChI is InChI=1S/C24H26ClN3O2S2/c1-15(32-19-11-9-18(10-12-19)26-21(29)13-24(2,3)4)22(30)28-23-27-20(14-31-23)16-5-7-17(25)8-6-16/h5-12,14-15H,13H2,1-4H3,(H,26,29)(H,27,28,30). The molecule has 1 atom stereocenters. The number of rotatable bonds is 7. The number of thioether (sulfide) groups is 1. The van der Waals surface area contributed by atoms with Gasteiger partial charge < -0.3 is 10.6 Å². The molecule has 2 aromatic carbocycles. The first-order chi connectivity index (χ1) is 15.1. The van der Waals surface area contributed by atoms with Gasteiger partial charge in [0.2, 0.25) is 11.8 Å². The number of nitrogens with zero attached hydrogens (tertiary/aromatic N) is 1. The van der Waals surface area contributed by atoms with Crippen LogP contribution in [0.3, 0.4) is 0 Å². The van der Waals surface area contributed by atoms with E-state index in [1.807, 2.05) is 81.6 Å². The fraction of sp³-hybridized carbons (Fsp3) is 0.292. The van der Waals surface area contributed by atoms with Crippen LogP contribution in [0.5, 0.6) is 0 Å². The minimum Gasteiger partial charge on any atom is -0.326 e. The summed E-state index contributed by atoms with van der Waals surface area (Å²) >= 11 is 8.77. The monoisotopic (exact) mass is 487 g/mol. The van der Waals surface area contributed by atoms with Gasteiger partial charge >= 0.3 is 0 Å². The number of hydrogen-bond donors (Lipinski definition) is 2. The van der Waals surface area contributed by atoms with Crippen molar-refractivity contribution in [3.8, 4) is 11.3 Å². The Labute approximate surface area is 202 Å². The number of thiazole rings is 1. The van der Waals surface area contributed by atoms with Crippen molar-refractivity contribution in [1.29, 1.82) is 0 Å². The summed E-state index contributed by atoms with van der Waals surface area (Å²) in [6, 6.07) is 14.9. The molecule has 0 saturated heterocycles. The van der Waals surface area contributed by atoms with Crippen LogP contribution in [0, 0.1) is 5.41 Å². The number of carbonyl (C=O) groups is 2. The van der Waals surface area contributed by atoms with Gasteiger partial charge in [0, 0.05) is 33.0 Å². The lowest BCUT2D eigenvalue weighted by atomic mass is 9.92. The van der Waals surface area contributed by atoms with Gasteiger partial charge in [-0.25, -0.2) is 4.98 Å². The van der Waals surface area contributed by atoms with Crippen molar-refractivity contribution >= 4 is 57.3 Å². The first-order valence-corrected chi connectivity index (χ1v) is 12.3. The zero-order valence-corrected chi connectivity index (χ0v) is 20.8. The highest BCUT2D eigenvalue weighted by molar-refractivity contribution is 8.00. The smallest absolute Gasteiger partial charge is 0.239 e. The van der Waals surface area contributed by atoms with Crippen molar-refractivity contribution in [3.63, 3.8) is 0 Å². The summed E-state index contributed by atoms with van der Waals surface area (Å²) in [5, 5.41) is 8.63. The Morgan fingerprint density at radius 3 is 2.34 bits per heavy atom. The van der Waals surface area contributed by atoms with Gasteiger partial charge in [0.1, 0.15) is 0 Å². The van der Waals surface area contributed by atoms with Crippen molar-refractivity contribution in [1.82, 2.24) is 4.98 Å². The molecule has 0 aliphatic rings. The molecule has 3 aromatic rings. The summed E-state index contributed by atoms with van der Waals surface area (Å²) in [6.45, 7) is 7.95. The van der Waals surface area contributed by atoms with E-state index in [1.165, 1.54) is 23.1 Å². The molecule has 0 aliphatic carbocycles. The van der Waals surface area contributed by atoms with E-state index in [2.05, 4.69) is 15.6 Å². The highest BCUT2D eigenvalue weighted by Crippen LogP contribution is 2.29. The maximum absolute atomic E-state index is 12.6. The van der Waals surface area contributed by atoms with Gasteiger partial charge in [-0.1, -0.05) is 44.5 Å². The van der Waals surface area contributed by atoms with E-state index in [-0.39, 0.29) is 22.5 Å². The van der Waals surface area contributed by atoms with Gasteiger partial charge in [0.05, 0.1) is 10.9 Å². The molecule has 0 aliphatic heterocycles. The van der Waals surface area contributed by atoms with Gasteiger partial charge in [0.25, 0.3) is 0 Å². The number of anilines is 2. The Kier molecular flexibility index (Phi) is 7.98. The maximum Gasteiger partial charge on any atom is 0.239 e. The summed E-state index contributed by atoms with van der Waals surface area (Å²) in [7, 11) is 0. The molecular formula is C24H26ClN3O2S2. The average molecular weight is 488 g/mol. The van der Waals surface area contributed by atoms with E-state index in [0.717, 1.165) is 21.8 Å². The first-order valence-electron chi connectivity index (χ1n) is 10.2.